The Morgan fingerprint density at radius 3 is 2.94 bits per heavy atom. The molecule has 1 aliphatic rings. The molecule has 0 radical (unpaired) electrons. The number of benzene rings is 1. The number of β-lactam (4-membered cyclic amide) rings is 1. The standard InChI is InChI=1S/C13H18N2O2/c1-3-9(2)17-11-6-4-5-10(7-11)15-8-12(14)13(15)16/h4-7,9,12H,3,8,14H2,1-2H3. The molecule has 1 aliphatic heterocycles. The maximum atomic E-state index is 11.5. The lowest BCUT2D eigenvalue weighted by atomic mass is 10.1. The van der Waals surface area contributed by atoms with Crippen molar-refractivity contribution in [3.05, 3.63) is 24.3 Å². The molecule has 1 aromatic rings. The average Bonchev–Trinajstić information content (AvgIpc) is 2.35. The van der Waals surface area contributed by atoms with Crippen LogP contribution in [0.2, 0.25) is 0 Å². The highest BCUT2D eigenvalue weighted by Crippen LogP contribution is 2.26. The second-order valence-electron chi connectivity index (χ2n) is 4.39. The van der Waals surface area contributed by atoms with Crippen LogP contribution in [-0.4, -0.2) is 24.6 Å². The minimum absolute atomic E-state index is 0.0225. The van der Waals surface area contributed by atoms with Crippen molar-refractivity contribution in [3.63, 3.8) is 0 Å². The first-order valence-corrected chi connectivity index (χ1v) is 5.95. The van der Waals surface area contributed by atoms with E-state index >= 15 is 0 Å². The second-order valence-corrected chi connectivity index (χ2v) is 4.39. The van der Waals surface area contributed by atoms with Crippen molar-refractivity contribution in [3.8, 4) is 5.75 Å². The van der Waals surface area contributed by atoms with Crippen molar-refractivity contribution < 1.29 is 9.53 Å². The van der Waals surface area contributed by atoms with Crippen molar-refractivity contribution in [1.82, 2.24) is 0 Å². The molecule has 0 saturated carbocycles. The number of nitrogens with two attached hydrogens (primary N) is 1. The lowest BCUT2D eigenvalue weighted by molar-refractivity contribution is -0.123. The van der Waals surface area contributed by atoms with E-state index in [9.17, 15) is 4.79 Å². The van der Waals surface area contributed by atoms with Gasteiger partial charge in [0.05, 0.1) is 12.6 Å². The van der Waals surface area contributed by atoms with E-state index in [0.29, 0.717) is 6.54 Å². The average molecular weight is 234 g/mol. The molecule has 0 spiro atoms. The maximum Gasteiger partial charge on any atom is 0.245 e. The number of rotatable bonds is 4. The highest BCUT2D eigenvalue weighted by Gasteiger charge is 2.34. The second kappa shape index (κ2) is 4.75. The number of nitrogens with zero attached hydrogens (tertiary/aromatic N) is 1. The van der Waals surface area contributed by atoms with Crippen molar-refractivity contribution >= 4 is 11.6 Å². The maximum absolute atomic E-state index is 11.5. The lowest BCUT2D eigenvalue weighted by Gasteiger charge is -2.36. The summed E-state index contributed by atoms with van der Waals surface area (Å²) in [6, 6.07) is 7.24. The smallest absolute Gasteiger partial charge is 0.245 e. The lowest BCUT2D eigenvalue weighted by Crippen LogP contribution is -2.61. The highest BCUT2D eigenvalue weighted by molar-refractivity contribution is 6.03. The van der Waals surface area contributed by atoms with Gasteiger partial charge in [-0.25, -0.2) is 0 Å². The summed E-state index contributed by atoms with van der Waals surface area (Å²) in [7, 11) is 0. The van der Waals surface area contributed by atoms with E-state index in [2.05, 4.69) is 6.92 Å². The zero-order chi connectivity index (χ0) is 12.4. The van der Waals surface area contributed by atoms with Crippen LogP contribution < -0.4 is 15.4 Å². The summed E-state index contributed by atoms with van der Waals surface area (Å²) < 4.78 is 5.72. The number of carbonyl (C=O) groups is 1. The topological polar surface area (TPSA) is 55.6 Å². The predicted molar refractivity (Wildman–Crippen MR) is 67.2 cm³/mol. The molecule has 2 rings (SSSR count). The normalized spacial score (nSPS) is 21.0. The number of anilines is 1. The third kappa shape index (κ3) is 2.42. The van der Waals surface area contributed by atoms with Gasteiger partial charge in [0.2, 0.25) is 5.91 Å². The third-order valence-electron chi connectivity index (χ3n) is 3.00. The first kappa shape index (κ1) is 11.9. The van der Waals surface area contributed by atoms with Gasteiger partial charge in [0.1, 0.15) is 11.8 Å². The molecule has 92 valence electrons. The van der Waals surface area contributed by atoms with E-state index in [-0.39, 0.29) is 18.1 Å². The van der Waals surface area contributed by atoms with E-state index in [1.54, 1.807) is 4.90 Å². The molecule has 4 nitrogen and oxygen atoms in total. The Morgan fingerprint density at radius 1 is 1.59 bits per heavy atom. The summed E-state index contributed by atoms with van der Waals surface area (Å²) in [6.45, 7) is 4.69. The van der Waals surface area contributed by atoms with Crippen LogP contribution in [0.1, 0.15) is 20.3 Å². The van der Waals surface area contributed by atoms with Gasteiger partial charge in [0, 0.05) is 11.8 Å². The molecule has 2 unspecified atom stereocenters. The van der Waals surface area contributed by atoms with Crippen molar-refractivity contribution in [2.45, 2.75) is 32.4 Å². The third-order valence-corrected chi connectivity index (χ3v) is 3.00. The number of ether oxygens (including phenoxy) is 1. The van der Waals surface area contributed by atoms with Gasteiger partial charge in [-0.05, 0) is 25.5 Å². The van der Waals surface area contributed by atoms with Gasteiger partial charge < -0.3 is 15.4 Å². The Bertz CT molecular complexity index is 420. The summed E-state index contributed by atoms with van der Waals surface area (Å²) in [4.78, 5) is 13.2. The molecule has 1 fully saturated rings. The quantitative estimate of drug-likeness (QED) is 0.804. The Morgan fingerprint density at radius 2 is 2.35 bits per heavy atom. The van der Waals surface area contributed by atoms with Crippen LogP contribution in [0.5, 0.6) is 5.75 Å². The Balaban J connectivity index is 2.09. The number of hydrogen-bond acceptors (Lipinski definition) is 3. The van der Waals surface area contributed by atoms with E-state index in [0.717, 1.165) is 17.9 Å². The van der Waals surface area contributed by atoms with Crippen LogP contribution in [0, 0.1) is 0 Å². The zero-order valence-electron chi connectivity index (χ0n) is 10.2. The van der Waals surface area contributed by atoms with Gasteiger partial charge in [-0.3, -0.25) is 4.79 Å². The zero-order valence-corrected chi connectivity index (χ0v) is 10.2. The molecule has 1 heterocycles. The summed E-state index contributed by atoms with van der Waals surface area (Å²) in [5, 5.41) is 0. The van der Waals surface area contributed by atoms with Gasteiger partial charge in [0.15, 0.2) is 0 Å². The molecule has 17 heavy (non-hydrogen) atoms. The first-order valence-electron chi connectivity index (χ1n) is 5.95. The molecule has 4 heteroatoms. The number of carbonyl (C=O) groups excluding carboxylic acids is 1. The van der Waals surface area contributed by atoms with Crippen LogP contribution in [0.25, 0.3) is 0 Å². The van der Waals surface area contributed by atoms with E-state index in [4.69, 9.17) is 10.5 Å². The van der Waals surface area contributed by atoms with Gasteiger partial charge in [-0.1, -0.05) is 13.0 Å². The molecule has 1 saturated heterocycles. The predicted octanol–water partition coefficient (Wildman–Crippen LogP) is 1.54. The molecular weight excluding hydrogens is 216 g/mol. The van der Waals surface area contributed by atoms with Crippen LogP contribution >= 0.6 is 0 Å². The summed E-state index contributed by atoms with van der Waals surface area (Å²) in [5.41, 5.74) is 6.43. The van der Waals surface area contributed by atoms with E-state index in [1.807, 2.05) is 31.2 Å². The first-order chi connectivity index (χ1) is 8.11. The van der Waals surface area contributed by atoms with Gasteiger partial charge in [0.25, 0.3) is 0 Å². The Labute approximate surface area is 101 Å². The van der Waals surface area contributed by atoms with E-state index in [1.165, 1.54) is 0 Å². The fourth-order valence-electron chi connectivity index (χ4n) is 1.73. The molecule has 2 N–H and O–H groups in total. The minimum Gasteiger partial charge on any atom is -0.491 e. The van der Waals surface area contributed by atoms with Crippen LogP contribution in [0.4, 0.5) is 5.69 Å². The van der Waals surface area contributed by atoms with Crippen LogP contribution in [0.15, 0.2) is 24.3 Å². The monoisotopic (exact) mass is 234 g/mol. The molecule has 1 aromatic carbocycles. The minimum atomic E-state index is -0.339. The van der Waals surface area contributed by atoms with Crippen LogP contribution in [0.3, 0.4) is 0 Å². The van der Waals surface area contributed by atoms with Crippen molar-refractivity contribution in [2.75, 3.05) is 11.4 Å². The fraction of sp³-hybridized carbons (Fsp3) is 0.462. The number of amides is 1. The molecule has 2 atom stereocenters. The SMILES string of the molecule is CCC(C)Oc1cccc(N2CC(N)C2=O)c1. The summed E-state index contributed by atoms with van der Waals surface area (Å²) in [6.07, 6.45) is 1.14. The molecule has 0 bridgehead atoms. The summed E-state index contributed by atoms with van der Waals surface area (Å²) >= 11 is 0. The van der Waals surface area contributed by atoms with E-state index < -0.39 is 0 Å². The van der Waals surface area contributed by atoms with Gasteiger partial charge >= 0.3 is 0 Å². The van der Waals surface area contributed by atoms with Gasteiger partial charge in [-0.2, -0.15) is 0 Å². The molecule has 0 aliphatic carbocycles. The Kier molecular flexibility index (Phi) is 3.33. The van der Waals surface area contributed by atoms with Crippen molar-refractivity contribution in [1.29, 1.82) is 0 Å². The highest BCUT2D eigenvalue weighted by atomic mass is 16.5. The Hall–Kier alpha value is -1.55. The fourth-order valence-corrected chi connectivity index (χ4v) is 1.73. The van der Waals surface area contributed by atoms with Crippen molar-refractivity contribution in [2.24, 2.45) is 5.73 Å². The largest absolute Gasteiger partial charge is 0.491 e. The molecular formula is C13H18N2O2. The molecule has 1 amide bonds. The molecule has 0 aromatic heterocycles. The summed E-state index contributed by atoms with van der Waals surface area (Å²) in [5.74, 6) is 0.774. The van der Waals surface area contributed by atoms with Gasteiger partial charge in [-0.15, -0.1) is 0 Å². The number of hydrogen-bond donors (Lipinski definition) is 1. The van der Waals surface area contributed by atoms with Crippen LogP contribution in [-0.2, 0) is 4.79 Å².